The van der Waals surface area contributed by atoms with E-state index in [1.54, 1.807) is 0 Å². The summed E-state index contributed by atoms with van der Waals surface area (Å²) in [4.78, 5) is 0. The van der Waals surface area contributed by atoms with E-state index in [1.165, 1.54) is 0 Å². The Kier molecular flexibility index (Phi) is 6.99. The van der Waals surface area contributed by atoms with E-state index in [0.29, 0.717) is 17.6 Å². The molecule has 1 saturated carbocycles. The van der Waals surface area contributed by atoms with Crippen LogP contribution in [0.3, 0.4) is 0 Å². The Morgan fingerprint density at radius 1 is 1.15 bits per heavy atom. The lowest BCUT2D eigenvalue weighted by molar-refractivity contribution is 0.242. The average molecular weight is 304 g/mol. The van der Waals surface area contributed by atoms with Gasteiger partial charge in [0.15, 0.2) is 9.84 Å². The Morgan fingerprint density at radius 2 is 1.80 bits per heavy atom. The minimum atomic E-state index is -2.99. The molecule has 4 atom stereocenters. The van der Waals surface area contributed by atoms with Gasteiger partial charge in [0.05, 0.1) is 11.0 Å². The maximum Gasteiger partial charge on any atom is 0.154 e. The molecule has 0 aromatic carbocycles. The molecule has 1 fully saturated rings. The number of hydrogen-bond acceptors (Lipinski definition) is 3. The summed E-state index contributed by atoms with van der Waals surface area (Å²) in [5.74, 6) is 1.75. The van der Waals surface area contributed by atoms with Gasteiger partial charge in [-0.3, -0.25) is 0 Å². The SMILES string of the molecule is CCNC1CCC(C(C)C)CC1S(=O)(=O)CC(C)CC. The second-order valence-electron chi connectivity index (χ2n) is 6.86. The molecule has 4 unspecified atom stereocenters. The highest BCUT2D eigenvalue weighted by atomic mass is 32.2. The zero-order chi connectivity index (χ0) is 15.3. The van der Waals surface area contributed by atoms with Crippen molar-refractivity contribution in [3.05, 3.63) is 0 Å². The highest BCUT2D eigenvalue weighted by molar-refractivity contribution is 7.92. The summed E-state index contributed by atoms with van der Waals surface area (Å²) in [6.07, 6.45) is 3.94. The maximum atomic E-state index is 12.8. The molecule has 0 spiro atoms. The molecule has 0 aliphatic heterocycles. The highest BCUT2D eigenvalue weighted by Crippen LogP contribution is 2.34. The summed E-state index contributed by atoms with van der Waals surface area (Å²) in [5, 5.41) is 3.23. The maximum absolute atomic E-state index is 12.8. The van der Waals surface area contributed by atoms with Gasteiger partial charge >= 0.3 is 0 Å². The lowest BCUT2D eigenvalue weighted by Crippen LogP contribution is -2.49. The molecular formula is C16H33NO2S. The number of sulfone groups is 1. The van der Waals surface area contributed by atoms with E-state index in [-0.39, 0.29) is 17.2 Å². The monoisotopic (exact) mass is 303 g/mol. The first-order valence-corrected chi connectivity index (χ1v) is 9.98. The van der Waals surface area contributed by atoms with E-state index in [1.807, 2.05) is 6.92 Å². The fourth-order valence-corrected chi connectivity index (χ4v) is 5.85. The van der Waals surface area contributed by atoms with Crippen molar-refractivity contribution in [3.8, 4) is 0 Å². The normalized spacial score (nSPS) is 29.6. The summed E-state index contributed by atoms with van der Waals surface area (Å²) in [5.41, 5.74) is 0. The number of nitrogens with one attached hydrogen (secondary N) is 1. The van der Waals surface area contributed by atoms with Crippen LogP contribution in [0.25, 0.3) is 0 Å². The van der Waals surface area contributed by atoms with Crippen molar-refractivity contribution < 1.29 is 8.42 Å². The van der Waals surface area contributed by atoms with E-state index in [4.69, 9.17) is 0 Å². The van der Waals surface area contributed by atoms with E-state index < -0.39 is 9.84 Å². The van der Waals surface area contributed by atoms with E-state index in [2.05, 4.69) is 33.0 Å². The van der Waals surface area contributed by atoms with Crippen LogP contribution in [0.4, 0.5) is 0 Å². The van der Waals surface area contributed by atoms with E-state index >= 15 is 0 Å². The second-order valence-corrected chi connectivity index (χ2v) is 9.13. The molecule has 0 radical (unpaired) electrons. The molecule has 1 rings (SSSR count). The van der Waals surface area contributed by atoms with Gasteiger partial charge in [-0.2, -0.15) is 0 Å². The summed E-state index contributed by atoms with van der Waals surface area (Å²) in [6.45, 7) is 11.5. The second kappa shape index (κ2) is 7.79. The lowest BCUT2D eigenvalue weighted by Gasteiger charge is -2.38. The zero-order valence-electron chi connectivity index (χ0n) is 13.9. The van der Waals surface area contributed by atoms with Gasteiger partial charge in [0.25, 0.3) is 0 Å². The first-order valence-electron chi connectivity index (χ1n) is 8.26. The van der Waals surface area contributed by atoms with Gasteiger partial charge in [0, 0.05) is 6.04 Å². The van der Waals surface area contributed by atoms with Crippen LogP contribution < -0.4 is 5.32 Å². The molecule has 0 amide bonds. The van der Waals surface area contributed by atoms with Gasteiger partial charge in [0.2, 0.25) is 0 Å². The smallest absolute Gasteiger partial charge is 0.154 e. The standard InChI is InChI=1S/C16H33NO2S/c1-6-13(5)11-20(18,19)16-10-14(12(3)4)8-9-15(16)17-7-2/h12-17H,6-11H2,1-5H3. The predicted molar refractivity (Wildman–Crippen MR) is 86.7 cm³/mol. The van der Waals surface area contributed by atoms with E-state index in [9.17, 15) is 8.42 Å². The van der Waals surface area contributed by atoms with Gasteiger partial charge in [-0.15, -0.1) is 0 Å². The van der Waals surface area contributed by atoms with Crippen LogP contribution in [0.5, 0.6) is 0 Å². The summed E-state index contributed by atoms with van der Waals surface area (Å²) in [7, 11) is -2.99. The minimum Gasteiger partial charge on any atom is -0.313 e. The van der Waals surface area contributed by atoms with Crippen LogP contribution in [-0.2, 0) is 9.84 Å². The summed E-state index contributed by atoms with van der Waals surface area (Å²) < 4.78 is 25.5. The molecular weight excluding hydrogens is 270 g/mol. The van der Waals surface area contributed by atoms with Crippen LogP contribution in [-0.4, -0.2) is 32.0 Å². The molecule has 0 saturated heterocycles. The van der Waals surface area contributed by atoms with Crippen molar-refractivity contribution in [2.24, 2.45) is 17.8 Å². The lowest BCUT2D eigenvalue weighted by atomic mass is 9.79. The Morgan fingerprint density at radius 3 is 2.30 bits per heavy atom. The fraction of sp³-hybridized carbons (Fsp3) is 1.00. The number of rotatable bonds is 7. The van der Waals surface area contributed by atoms with Crippen LogP contribution in [0.15, 0.2) is 0 Å². The van der Waals surface area contributed by atoms with Crippen molar-refractivity contribution in [1.29, 1.82) is 0 Å². The molecule has 20 heavy (non-hydrogen) atoms. The molecule has 1 aliphatic carbocycles. The van der Waals surface area contributed by atoms with Crippen molar-refractivity contribution in [1.82, 2.24) is 5.32 Å². The third-order valence-electron chi connectivity index (χ3n) is 4.92. The Bertz CT molecular complexity index is 378. The van der Waals surface area contributed by atoms with Gasteiger partial charge in [-0.05, 0) is 43.6 Å². The number of hydrogen-bond donors (Lipinski definition) is 1. The molecule has 0 aromatic heterocycles. The third kappa shape index (κ3) is 4.73. The fourth-order valence-electron chi connectivity index (χ4n) is 3.30. The first kappa shape index (κ1) is 18.0. The summed E-state index contributed by atoms with van der Waals surface area (Å²) in [6, 6.07) is 0.157. The van der Waals surface area contributed by atoms with E-state index in [0.717, 1.165) is 32.2 Å². The molecule has 0 bridgehead atoms. The van der Waals surface area contributed by atoms with Crippen LogP contribution in [0.1, 0.15) is 60.3 Å². The average Bonchev–Trinajstić information content (AvgIpc) is 2.38. The van der Waals surface area contributed by atoms with Crippen LogP contribution in [0.2, 0.25) is 0 Å². The molecule has 1 aliphatic rings. The Labute approximate surface area is 125 Å². The van der Waals surface area contributed by atoms with Gasteiger partial charge in [-0.25, -0.2) is 8.42 Å². The van der Waals surface area contributed by atoms with Crippen molar-refractivity contribution in [2.75, 3.05) is 12.3 Å². The van der Waals surface area contributed by atoms with Crippen molar-refractivity contribution in [3.63, 3.8) is 0 Å². The predicted octanol–water partition coefficient (Wildman–Crippen LogP) is 3.25. The third-order valence-corrected chi connectivity index (χ3v) is 7.39. The van der Waals surface area contributed by atoms with Crippen molar-refractivity contribution in [2.45, 2.75) is 71.6 Å². The molecule has 4 heteroatoms. The van der Waals surface area contributed by atoms with Crippen LogP contribution in [0, 0.1) is 17.8 Å². The highest BCUT2D eigenvalue weighted by Gasteiger charge is 2.39. The van der Waals surface area contributed by atoms with Gasteiger partial charge < -0.3 is 5.32 Å². The first-order chi connectivity index (χ1) is 9.31. The summed E-state index contributed by atoms with van der Waals surface area (Å²) >= 11 is 0. The molecule has 120 valence electrons. The van der Waals surface area contributed by atoms with Gasteiger partial charge in [0.1, 0.15) is 0 Å². The Hall–Kier alpha value is -0.0900. The molecule has 3 nitrogen and oxygen atoms in total. The van der Waals surface area contributed by atoms with Crippen LogP contribution >= 0.6 is 0 Å². The topological polar surface area (TPSA) is 46.2 Å². The molecule has 1 N–H and O–H groups in total. The van der Waals surface area contributed by atoms with Gasteiger partial charge in [-0.1, -0.05) is 41.0 Å². The van der Waals surface area contributed by atoms with Crippen molar-refractivity contribution >= 4 is 9.84 Å². The Balaban J connectivity index is 2.87. The minimum absolute atomic E-state index is 0.157. The quantitative estimate of drug-likeness (QED) is 0.785. The zero-order valence-corrected chi connectivity index (χ0v) is 14.7. The molecule has 0 heterocycles. The molecule has 0 aromatic rings. The largest absolute Gasteiger partial charge is 0.313 e.